The molecular formula is C95H134B3Br2N11O18S2. The van der Waals surface area contributed by atoms with Crippen LogP contribution in [0, 0.1) is 30.1 Å². The Morgan fingerprint density at radius 3 is 0.954 bits per heavy atom. The molecular weight excluding hydrogens is 1840 g/mol. The number of carbonyl (C=O) groups excluding carboxylic acids is 9. The van der Waals surface area contributed by atoms with Crippen molar-refractivity contribution in [1.29, 1.82) is 0 Å². The molecule has 6 saturated heterocycles. The molecule has 6 unspecified atom stereocenters. The maximum absolute atomic E-state index is 13.6. The molecule has 0 radical (unpaired) electrons. The third-order valence-electron chi connectivity index (χ3n) is 27.5. The van der Waals surface area contributed by atoms with E-state index in [0.717, 1.165) is 52.2 Å². The fraction of sp³-hybridized carbons (Fsp3) is 0.621. The number of aliphatic hydroxyl groups is 3. The van der Waals surface area contributed by atoms with Crippen LogP contribution < -0.4 is 21.4 Å². The lowest BCUT2D eigenvalue weighted by atomic mass is 9.49. The molecule has 6 N–H and O–H groups in total. The van der Waals surface area contributed by atoms with Crippen LogP contribution >= 0.6 is 54.5 Å². The van der Waals surface area contributed by atoms with Crippen LogP contribution in [0.3, 0.4) is 0 Å². The summed E-state index contributed by atoms with van der Waals surface area (Å²) in [5.41, 5.74) is 5.46. The molecule has 0 saturated carbocycles. The first-order chi connectivity index (χ1) is 60.2. The van der Waals surface area contributed by atoms with Gasteiger partial charge in [0.25, 0.3) is 17.7 Å². The molecule has 9 aliphatic heterocycles. The second kappa shape index (κ2) is 39.3. The number of aryl methyl sites for hydroxylation is 2. The summed E-state index contributed by atoms with van der Waals surface area (Å²) in [4.78, 5) is 143. The van der Waals surface area contributed by atoms with Gasteiger partial charge in [-0.2, -0.15) is 0 Å². The Morgan fingerprint density at radius 1 is 0.427 bits per heavy atom. The second-order valence-corrected chi connectivity index (χ2v) is 46.9. The quantitative estimate of drug-likeness (QED) is 0.0530. The second-order valence-electron chi connectivity index (χ2n) is 43.0. The molecule has 0 bridgehead atoms. The van der Waals surface area contributed by atoms with Gasteiger partial charge in [-0.15, -0.1) is 22.7 Å². The Balaban J connectivity index is 0.000000181. The predicted octanol–water partition coefficient (Wildman–Crippen LogP) is 12.4. The van der Waals surface area contributed by atoms with E-state index in [9.17, 15) is 58.5 Å². The minimum Gasteiger partial charge on any atom is -0.405 e. The van der Waals surface area contributed by atoms with Gasteiger partial charge in [0.2, 0.25) is 35.4 Å². The highest BCUT2D eigenvalue weighted by Crippen LogP contribution is 2.47. The molecule has 0 aliphatic carbocycles. The lowest BCUT2D eigenvalue weighted by Crippen LogP contribution is -2.56. The number of rotatable bonds is 15. The van der Waals surface area contributed by atoms with E-state index in [1.165, 1.54) is 20.8 Å². The SMILES string of the molecule is CC(=O)N[C@H](C(=O)N1C[C@H](O)CC1C1=NC(=O)C(C)(c2ccc(-c3scnc3C)cc2)C1)C(C)(C)C.CC(=O)N[C@H](C(=O)N1C[C@H](O)CC1C1=NC(=O)C(C)(c2ccc(B3OC(C)(C)C(C)(C)O3)cc2)C1)C(C)(C)C.CC(=O)N[C@H](C(=O)N1C[C@H](O)CC1C1=NC(=O)C(C)(c2ccc(Br)cc2)C1)C(C)(C)C.CC1(C)OB(B2OC(C)(C)C(C)(C)O2)OC1(C)C.Cc1ncsc1Br. The summed E-state index contributed by atoms with van der Waals surface area (Å²) in [6, 6.07) is 19.4. The molecule has 3 aromatic carbocycles. The van der Waals surface area contributed by atoms with Crippen molar-refractivity contribution >= 4 is 151 Å². The van der Waals surface area contributed by atoms with E-state index < -0.39 is 119 Å². The third-order valence-corrected chi connectivity index (χ3v) is 30.9. The highest BCUT2D eigenvalue weighted by Gasteiger charge is 2.64. The van der Waals surface area contributed by atoms with Crippen molar-refractivity contribution in [3.8, 4) is 10.4 Å². The van der Waals surface area contributed by atoms with Crippen molar-refractivity contribution < 1.29 is 86.4 Å². The molecule has 12 atom stereocenters. The first-order valence-corrected chi connectivity index (χ1v) is 48.1. The summed E-state index contributed by atoms with van der Waals surface area (Å²) >= 11 is 9.93. The number of aliphatic hydroxyl groups excluding tert-OH is 3. The van der Waals surface area contributed by atoms with Gasteiger partial charge in [-0.1, -0.05) is 139 Å². The van der Waals surface area contributed by atoms with E-state index in [1.54, 1.807) is 37.4 Å². The number of amides is 9. The number of thiazole rings is 2. The van der Waals surface area contributed by atoms with Gasteiger partial charge in [0, 0.05) is 101 Å². The smallest absolute Gasteiger partial charge is 0.405 e. The van der Waals surface area contributed by atoms with Crippen LogP contribution in [0.2, 0.25) is 0 Å². The van der Waals surface area contributed by atoms with E-state index in [4.69, 9.17) is 27.9 Å². The number of benzene rings is 3. The highest BCUT2D eigenvalue weighted by molar-refractivity contribution is 9.11. The minimum absolute atomic E-state index is 0.127. The number of aromatic nitrogens is 2. The number of carbonyl (C=O) groups is 9. The lowest BCUT2D eigenvalue weighted by Gasteiger charge is -2.35. The number of nitrogens with zero attached hydrogens (tertiary/aromatic N) is 8. The van der Waals surface area contributed by atoms with Gasteiger partial charge < -0.3 is 73.9 Å². The van der Waals surface area contributed by atoms with Gasteiger partial charge in [-0.3, -0.25) is 43.2 Å². The summed E-state index contributed by atoms with van der Waals surface area (Å²) < 4.78 is 38.2. The zero-order valence-corrected chi connectivity index (χ0v) is 86.3. The summed E-state index contributed by atoms with van der Waals surface area (Å²) in [7, 11) is -1.45. The van der Waals surface area contributed by atoms with Crippen molar-refractivity contribution in [3.63, 3.8) is 0 Å². The van der Waals surface area contributed by atoms with Crippen LogP contribution in [-0.2, 0) is 87.3 Å². The first kappa shape index (κ1) is 106. The van der Waals surface area contributed by atoms with Crippen molar-refractivity contribution in [3.05, 3.63) is 120 Å². The van der Waals surface area contributed by atoms with Crippen LogP contribution in [0.15, 0.2) is 107 Å². The zero-order chi connectivity index (χ0) is 97.9. The molecule has 0 spiro atoms. The normalized spacial score (nSPS) is 26.9. The fourth-order valence-electron chi connectivity index (χ4n) is 17.3. The van der Waals surface area contributed by atoms with Crippen molar-refractivity contribution in [2.24, 2.45) is 31.2 Å². The fourth-order valence-corrected chi connectivity index (χ4v) is 19.2. The summed E-state index contributed by atoms with van der Waals surface area (Å²) in [6.45, 7) is 55.3. The van der Waals surface area contributed by atoms with Gasteiger partial charge in [0.05, 0.1) is 117 Å². The molecule has 14 rings (SSSR count). The van der Waals surface area contributed by atoms with Crippen LogP contribution in [0.4, 0.5) is 0 Å². The number of halogens is 2. The van der Waals surface area contributed by atoms with Crippen LogP contribution in [-0.4, -0.2) is 239 Å². The standard InChI is InChI=1S/C29H42BN3O6.C27H34N4O4S.C23H30BrN3O4.C12H24B2O4.C4H4BrNS/c1-17(34)31-23(26(2,3)4)24(36)33-16-20(35)14-22(33)21-15-29(9,25(37)32-21)18-10-12-19(13-11-18)30-38-27(5,6)28(7,8)39-30;1-15-22(36-14-28-15)17-7-9-18(10-8-17)27(6)12-20(30-25(27)35)21-11-19(33)13-31(21)24(34)23(26(3,4)5)29-16(2)32;1-13(28)25-19(22(2,3)4)20(30)27-12-16(29)10-18(27)17-11-23(5,21(31)26-17)14-6-8-15(24)9-7-14;1-9(2)10(3,4)16-13(15-9)14-17-11(5,6)12(7,8)18-14;1-3-4(5)7-2-6-3/h10-13,20,22-23,35H,14-16H2,1-9H3,(H,31,34);7-10,14,19,21,23,33H,11-13H2,1-6H3,(H,29,32);6-9,16,18-19,29H,10-12H2,1-5H3,(H,25,28);1-8H3;2H,1H3/t20-,22?,23-,29?;19-,21?,23-,27?;16-,18?,19-,23?;;/m111../s1. The monoisotopic (exact) mass is 1970 g/mol. The molecule has 131 heavy (non-hydrogen) atoms. The van der Waals surface area contributed by atoms with Crippen molar-refractivity contribution in [2.45, 2.75) is 344 Å². The average molecular weight is 1970 g/mol. The van der Waals surface area contributed by atoms with E-state index >= 15 is 0 Å². The van der Waals surface area contributed by atoms with Gasteiger partial charge >= 0.3 is 21.1 Å². The van der Waals surface area contributed by atoms with Gasteiger partial charge in [-0.05, 0) is 190 Å². The average Bonchev–Trinajstić information content (AvgIpc) is 1.60. The van der Waals surface area contributed by atoms with E-state index in [2.05, 4.69) is 72.8 Å². The minimum atomic E-state index is -0.896. The Labute approximate surface area is 798 Å². The maximum atomic E-state index is 13.6. The largest absolute Gasteiger partial charge is 0.494 e. The molecule has 712 valence electrons. The van der Waals surface area contributed by atoms with Gasteiger partial charge in [-0.25, -0.2) is 24.9 Å². The maximum Gasteiger partial charge on any atom is 0.494 e. The van der Waals surface area contributed by atoms with E-state index in [-0.39, 0.29) is 95.2 Å². The zero-order valence-electron chi connectivity index (χ0n) is 81.5. The molecule has 9 aliphatic rings. The molecule has 11 heterocycles. The summed E-state index contributed by atoms with van der Waals surface area (Å²) in [5.74, 6) is -2.47. The molecule has 2 aromatic heterocycles. The van der Waals surface area contributed by atoms with Gasteiger partial charge in [0.15, 0.2) is 0 Å². The Morgan fingerprint density at radius 2 is 0.702 bits per heavy atom. The summed E-state index contributed by atoms with van der Waals surface area (Å²) in [5, 5.41) is 39.7. The predicted molar refractivity (Wildman–Crippen MR) is 518 cm³/mol. The Kier molecular flexibility index (Phi) is 31.7. The Bertz CT molecular complexity index is 5100. The molecule has 29 nitrogen and oxygen atoms in total. The number of aliphatic imine (C=N–C) groups is 3. The molecule has 36 heteroatoms. The van der Waals surface area contributed by atoms with Crippen LogP contribution in [0.5, 0.6) is 0 Å². The lowest BCUT2D eigenvalue weighted by molar-refractivity contribution is -0.139. The highest BCUT2D eigenvalue weighted by atomic mass is 79.9. The Hall–Kier alpha value is -7.45. The third kappa shape index (κ3) is 23.3. The number of hydrogen-bond donors (Lipinski definition) is 6. The number of nitrogens with one attached hydrogen (secondary N) is 3. The topological polar surface area (TPSA) is 378 Å². The van der Waals surface area contributed by atoms with Crippen molar-refractivity contribution in [2.75, 3.05) is 19.6 Å². The molecule has 9 amide bonds. The van der Waals surface area contributed by atoms with Crippen LogP contribution in [0.25, 0.3) is 10.4 Å². The number of β-amino-alcohol motifs (C(OH)–C–C–N with tert-alkyl or cyclic N) is 3. The summed E-state index contributed by atoms with van der Waals surface area (Å²) in [6.07, 6.45) is -0.135. The van der Waals surface area contributed by atoms with E-state index in [0.29, 0.717) is 55.7 Å². The first-order valence-electron chi connectivity index (χ1n) is 44.8. The van der Waals surface area contributed by atoms with Gasteiger partial charge in [0.1, 0.15) is 18.1 Å². The number of hydrogen-bond acceptors (Lipinski definition) is 22. The van der Waals surface area contributed by atoms with Crippen LogP contribution in [0.1, 0.15) is 254 Å². The molecule has 6 fully saturated rings. The van der Waals surface area contributed by atoms with E-state index in [1.807, 2.05) is 264 Å². The van der Waals surface area contributed by atoms with Crippen molar-refractivity contribution in [1.82, 2.24) is 40.6 Å². The molecule has 5 aromatic rings. The number of likely N-dealkylation sites (tertiary alicyclic amines) is 3.